The number of hydrogen-bond donors (Lipinski definition) is 0. The average molecular weight is 239 g/mol. The SMILES string of the molecule is CC(C)C(C)CC(C)C(C)CN1CCCCC1. The molecule has 1 rings (SSSR count). The van der Waals surface area contributed by atoms with E-state index in [2.05, 4.69) is 39.5 Å². The van der Waals surface area contributed by atoms with Crippen LogP contribution in [0.2, 0.25) is 0 Å². The number of nitrogens with zero attached hydrogens (tertiary/aromatic N) is 1. The minimum absolute atomic E-state index is 0.833. The van der Waals surface area contributed by atoms with Gasteiger partial charge in [-0.05, 0) is 56.0 Å². The summed E-state index contributed by atoms with van der Waals surface area (Å²) in [4.78, 5) is 2.69. The predicted molar refractivity (Wildman–Crippen MR) is 77.2 cm³/mol. The van der Waals surface area contributed by atoms with E-state index in [9.17, 15) is 0 Å². The molecule has 1 fully saturated rings. The first-order chi connectivity index (χ1) is 8.00. The lowest BCUT2D eigenvalue weighted by Crippen LogP contribution is -2.35. The first-order valence-corrected chi connectivity index (χ1v) is 7.73. The zero-order chi connectivity index (χ0) is 12.8. The highest BCUT2D eigenvalue weighted by molar-refractivity contribution is 4.73. The lowest BCUT2D eigenvalue weighted by Gasteiger charge is -2.32. The van der Waals surface area contributed by atoms with Crippen molar-refractivity contribution in [3.05, 3.63) is 0 Å². The Balaban J connectivity index is 2.27. The summed E-state index contributed by atoms with van der Waals surface area (Å²) in [5, 5.41) is 0. The predicted octanol–water partition coefficient (Wildman–Crippen LogP) is 4.43. The first-order valence-electron chi connectivity index (χ1n) is 7.73. The molecule has 1 aliphatic rings. The minimum Gasteiger partial charge on any atom is -0.303 e. The molecule has 1 heteroatoms. The van der Waals surface area contributed by atoms with Crippen LogP contribution in [0.25, 0.3) is 0 Å². The Kier molecular flexibility index (Phi) is 6.54. The Morgan fingerprint density at radius 1 is 0.765 bits per heavy atom. The zero-order valence-electron chi connectivity index (χ0n) is 12.7. The molecule has 0 aliphatic carbocycles. The fourth-order valence-corrected chi connectivity index (χ4v) is 2.82. The molecule has 0 N–H and O–H groups in total. The number of rotatable bonds is 6. The second-order valence-corrected chi connectivity index (χ2v) is 6.77. The molecule has 0 spiro atoms. The van der Waals surface area contributed by atoms with E-state index in [-0.39, 0.29) is 0 Å². The third-order valence-corrected chi connectivity index (χ3v) is 4.85. The molecule has 0 aromatic heterocycles. The van der Waals surface area contributed by atoms with Gasteiger partial charge < -0.3 is 4.90 Å². The molecule has 0 radical (unpaired) electrons. The standard InChI is InChI=1S/C16H33N/c1-13(2)14(3)11-15(4)16(5)12-17-9-7-6-8-10-17/h13-16H,6-12H2,1-5H3. The Morgan fingerprint density at radius 3 is 1.88 bits per heavy atom. The number of likely N-dealkylation sites (tertiary alicyclic amines) is 1. The summed E-state index contributed by atoms with van der Waals surface area (Å²) < 4.78 is 0. The molecule has 0 saturated carbocycles. The number of hydrogen-bond acceptors (Lipinski definition) is 1. The van der Waals surface area contributed by atoms with Gasteiger partial charge in [0, 0.05) is 6.54 Å². The smallest absolute Gasteiger partial charge is 0.000956 e. The van der Waals surface area contributed by atoms with Gasteiger partial charge in [-0.1, -0.05) is 41.0 Å². The monoisotopic (exact) mass is 239 g/mol. The molecule has 0 bridgehead atoms. The first kappa shape index (κ1) is 15.0. The average Bonchev–Trinajstić information content (AvgIpc) is 2.29. The van der Waals surface area contributed by atoms with E-state index in [1.807, 2.05) is 0 Å². The maximum atomic E-state index is 2.69. The van der Waals surface area contributed by atoms with E-state index in [0.717, 1.165) is 23.7 Å². The van der Waals surface area contributed by atoms with E-state index in [1.54, 1.807) is 0 Å². The molecule has 1 nitrogen and oxygen atoms in total. The van der Waals surface area contributed by atoms with Crippen molar-refractivity contribution in [1.82, 2.24) is 4.90 Å². The molecule has 1 aliphatic heterocycles. The Labute approximate surface area is 109 Å². The molecule has 0 amide bonds. The van der Waals surface area contributed by atoms with E-state index in [0.29, 0.717) is 0 Å². The second-order valence-electron chi connectivity index (χ2n) is 6.77. The summed E-state index contributed by atoms with van der Waals surface area (Å²) in [6.45, 7) is 16.0. The van der Waals surface area contributed by atoms with Crippen LogP contribution in [0.4, 0.5) is 0 Å². The molecule has 3 atom stereocenters. The van der Waals surface area contributed by atoms with E-state index in [1.165, 1.54) is 45.3 Å². The van der Waals surface area contributed by atoms with Crippen molar-refractivity contribution in [3.63, 3.8) is 0 Å². The maximum absolute atomic E-state index is 2.69. The second kappa shape index (κ2) is 7.41. The van der Waals surface area contributed by atoms with Crippen LogP contribution in [0.3, 0.4) is 0 Å². The molecule has 1 heterocycles. The lowest BCUT2D eigenvalue weighted by atomic mass is 9.82. The van der Waals surface area contributed by atoms with Crippen molar-refractivity contribution >= 4 is 0 Å². The van der Waals surface area contributed by atoms with Crippen LogP contribution in [-0.4, -0.2) is 24.5 Å². The van der Waals surface area contributed by atoms with Crippen molar-refractivity contribution in [2.45, 2.75) is 60.3 Å². The van der Waals surface area contributed by atoms with Crippen LogP contribution in [0, 0.1) is 23.7 Å². The summed E-state index contributed by atoms with van der Waals surface area (Å²) in [6, 6.07) is 0. The summed E-state index contributed by atoms with van der Waals surface area (Å²) in [7, 11) is 0. The van der Waals surface area contributed by atoms with Crippen molar-refractivity contribution < 1.29 is 0 Å². The normalized spacial score (nSPS) is 23.6. The van der Waals surface area contributed by atoms with Gasteiger partial charge in [0.15, 0.2) is 0 Å². The van der Waals surface area contributed by atoms with Crippen LogP contribution in [0.1, 0.15) is 60.3 Å². The van der Waals surface area contributed by atoms with E-state index in [4.69, 9.17) is 0 Å². The molecule has 0 aromatic carbocycles. The summed E-state index contributed by atoms with van der Waals surface area (Å²) in [5.74, 6) is 3.43. The molecule has 102 valence electrons. The van der Waals surface area contributed by atoms with E-state index >= 15 is 0 Å². The van der Waals surface area contributed by atoms with Gasteiger partial charge in [-0.3, -0.25) is 0 Å². The Morgan fingerprint density at radius 2 is 1.35 bits per heavy atom. The van der Waals surface area contributed by atoms with Crippen molar-refractivity contribution in [2.24, 2.45) is 23.7 Å². The Hall–Kier alpha value is -0.0400. The highest BCUT2D eigenvalue weighted by Gasteiger charge is 2.20. The molecular formula is C16H33N. The molecule has 3 unspecified atom stereocenters. The van der Waals surface area contributed by atoms with Crippen LogP contribution < -0.4 is 0 Å². The molecule has 0 aromatic rings. The van der Waals surface area contributed by atoms with Crippen LogP contribution in [0.5, 0.6) is 0 Å². The van der Waals surface area contributed by atoms with Crippen molar-refractivity contribution in [1.29, 1.82) is 0 Å². The van der Waals surface area contributed by atoms with Crippen molar-refractivity contribution in [2.75, 3.05) is 19.6 Å². The third-order valence-electron chi connectivity index (χ3n) is 4.85. The highest BCUT2D eigenvalue weighted by atomic mass is 15.1. The Bertz CT molecular complexity index is 194. The largest absolute Gasteiger partial charge is 0.303 e. The molecular weight excluding hydrogens is 206 g/mol. The van der Waals surface area contributed by atoms with Crippen LogP contribution in [-0.2, 0) is 0 Å². The highest BCUT2D eigenvalue weighted by Crippen LogP contribution is 2.25. The van der Waals surface area contributed by atoms with Crippen LogP contribution >= 0.6 is 0 Å². The maximum Gasteiger partial charge on any atom is 0.000956 e. The van der Waals surface area contributed by atoms with Gasteiger partial charge in [0.2, 0.25) is 0 Å². The van der Waals surface area contributed by atoms with Crippen molar-refractivity contribution in [3.8, 4) is 0 Å². The van der Waals surface area contributed by atoms with Gasteiger partial charge >= 0.3 is 0 Å². The fourth-order valence-electron chi connectivity index (χ4n) is 2.82. The van der Waals surface area contributed by atoms with E-state index < -0.39 is 0 Å². The lowest BCUT2D eigenvalue weighted by molar-refractivity contribution is 0.163. The summed E-state index contributed by atoms with van der Waals surface area (Å²) in [6.07, 6.45) is 5.69. The zero-order valence-corrected chi connectivity index (χ0v) is 12.7. The van der Waals surface area contributed by atoms with Gasteiger partial charge in [-0.15, -0.1) is 0 Å². The van der Waals surface area contributed by atoms with Gasteiger partial charge in [-0.2, -0.15) is 0 Å². The van der Waals surface area contributed by atoms with Gasteiger partial charge in [-0.25, -0.2) is 0 Å². The summed E-state index contributed by atoms with van der Waals surface area (Å²) in [5.41, 5.74) is 0. The fraction of sp³-hybridized carbons (Fsp3) is 1.00. The third kappa shape index (κ3) is 5.42. The molecule has 1 saturated heterocycles. The summed E-state index contributed by atoms with van der Waals surface area (Å²) >= 11 is 0. The quantitative estimate of drug-likeness (QED) is 0.663. The van der Waals surface area contributed by atoms with Gasteiger partial charge in [0.25, 0.3) is 0 Å². The topological polar surface area (TPSA) is 3.24 Å². The van der Waals surface area contributed by atoms with Gasteiger partial charge in [0.1, 0.15) is 0 Å². The van der Waals surface area contributed by atoms with Crippen LogP contribution in [0.15, 0.2) is 0 Å². The van der Waals surface area contributed by atoms with Gasteiger partial charge in [0.05, 0.1) is 0 Å². The number of piperidine rings is 1. The molecule has 17 heavy (non-hydrogen) atoms. The minimum atomic E-state index is 0.833.